The Morgan fingerprint density at radius 1 is 1.19 bits per heavy atom. The molecule has 1 unspecified atom stereocenters. The maximum atomic E-state index is 14.2. The summed E-state index contributed by atoms with van der Waals surface area (Å²) in [5.74, 6) is -1.71. The molecule has 0 aliphatic heterocycles. The van der Waals surface area contributed by atoms with Gasteiger partial charge in [-0.25, -0.2) is 9.07 Å². The predicted octanol–water partition coefficient (Wildman–Crippen LogP) is 4.09. The number of carbonyl (C=O) groups excluding carboxylic acids is 1. The van der Waals surface area contributed by atoms with Crippen LogP contribution in [0.25, 0.3) is 5.69 Å². The highest BCUT2D eigenvalue weighted by Gasteiger charge is 2.28. The maximum Gasteiger partial charge on any atom is 0.225 e. The van der Waals surface area contributed by atoms with Crippen molar-refractivity contribution in [3.63, 3.8) is 0 Å². The van der Waals surface area contributed by atoms with Crippen LogP contribution in [0.4, 0.5) is 4.39 Å². The summed E-state index contributed by atoms with van der Waals surface area (Å²) in [5, 5.41) is 4.83. The molecule has 0 spiro atoms. The van der Waals surface area contributed by atoms with E-state index in [0.29, 0.717) is 11.3 Å². The normalized spacial score (nSPS) is 12.2. The van der Waals surface area contributed by atoms with Crippen LogP contribution < -0.4 is 5.73 Å². The third-order valence-corrected chi connectivity index (χ3v) is 4.86. The minimum atomic E-state index is -0.720. The van der Waals surface area contributed by atoms with Gasteiger partial charge in [-0.2, -0.15) is 5.10 Å². The van der Waals surface area contributed by atoms with E-state index in [0.717, 1.165) is 11.4 Å². The molecule has 1 amide bonds. The van der Waals surface area contributed by atoms with Crippen LogP contribution in [0.3, 0.4) is 0 Å². The first-order valence-electron chi connectivity index (χ1n) is 8.24. The second kappa shape index (κ2) is 7.30. The number of aryl methyl sites for hydroxylation is 1. The van der Waals surface area contributed by atoms with Gasteiger partial charge in [0, 0.05) is 21.8 Å². The van der Waals surface area contributed by atoms with Crippen LogP contribution in [-0.2, 0) is 11.2 Å². The zero-order valence-corrected chi connectivity index (χ0v) is 15.3. The fraction of sp³-hybridized carbons (Fsp3) is 0.200. The van der Waals surface area contributed by atoms with Crippen LogP contribution in [0.5, 0.6) is 0 Å². The molecule has 26 heavy (non-hydrogen) atoms. The Morgan fingerprint density at radius 3 is 2.50 bits per heavy atom. The smallest absolute Gasteiger partial charge is 0.225 e. The first-order chi connectivity index (χ1) is 12.4. The molecule has 2 aromatic carbocycles. The van der Waals surface area contributed by atoms with Crippen molar-refractivity contribution in [1.29, 1.82) is 0 Å². The van der Waals surface area contributed by atoms with Gasteiger partial charge < -0.3 is 5.73 Å². The summed E-state index contributed by atoms with van der Waals surface area (Å²) < 4.78 is 16.0. The molecule has 1 heterocycles. The van der Waals surface area contributed by atoms with E-state index in [2.05, 4.69) is 5.10 Å². The molecule has 3 rings (SSSR count). The van der Waals surface area contributed by atoms with Crippen LogP contribution in [-0.4, -0.2) is 15.7 Å². The zero-order valence-electron chi connectivity index (χ0n) is 14.5. The van der Waals surface area contributed by atoms with Gasteiger partial charge in [-0.1, -0.05) is 35.9 Å². The highest BCUT2D eigenvalue weighted by atomic mass is 35.5. The van der Waals surface area contributed by atoms with Crippen molar-refractivity contribution in [2.24, 2.45) is 5.73 Å². The molecule has 1 aromatic heterocycles. The number of halogens is 2. The number of rotatable bonds is 5. The number of para-hydroxylation sites is 1. The third kappa shape index (κ3) is 3.35. The summed E-state index contributed by atoms with van der Waals surface area (Å²) in [6, 6.07) is 14.1. The van der Waals surface area contributed by atoms with Gasteiger partial charge >= 0.3 is 0 Å². The summed E-state index contributed by atoms with van der Waals surface area (Å²) >= 11 is 6.13. The van der Waals surface area contributed by atoms with Gasteiger partial charge in [0.05, 0.1) is 17.3 Å². The fourth-order valence-corrected chi connectivity index (χ4v) is 3.50. The van der Waals surface area contributed by atoms with Gasteiger partial charge in [-0.15, -0.1) is 0 Å². The van der Waals surface area contributed by atoms with Crippen molar-refractivity contribution in [3.05, 3.63) is 81.9 Å². The van der Waals surface area contributed by atoms with Crippen LogP contribution >= 0.6 is 11.6 Å². The number of primary amides is 1. The molecule has 1 atom stereocenters. The van der Waals surface area contributed by atoms with Crippen molar-refractivity contribution in [2.75, 3.05) is 0 Å². The number of amides is 1. The van der Waals surface area contributed by atoms with Crippen LogP contribution in [0.15, 0.2) is 48.5 Å². The fourth-order valence-electron chi connectivity index (χ4n) is 3.26. The van der Waals surface area contributed by atoms with E-state index in [9.17, 15) is 9.18 Å². The molecule has 0 fully saturated rings. The molecule has 0 aliphatic carbocycles. The Hall–Kier alpha value is -2.66. The summed E-state index contributed by atoms with van der Waals surface area (Å²) in [6.45, 7) is 3.70. The van der Waals surface area contributed by atoms with Gasteiger partial charge in [0.25, 0.3) is 0 Å². The lowest BCUT2D eigenvalue weighted by atomic mass is 9.89. The monoisotopic (exact) mass is 371 g/mol. The number of nitrogens with two attached hydrogens (primary N) is 1. The van der Waals surface area contributed by atoms with Gasteiger partial charge in [0.2, 0.25) is 5.91 Å². The van der Waals surface area contributed by atoms with E-state index in [1.807, 2.05) is 44.2 Å². The summed E-state index contributed by atoms with van der Waals surface area (Å²) in [7, 11) is 0. The molecule has 0 saturated carbocycles. The van der Waals surface area contributed by atoms with Crippen LogP contribution in [0.1, 0.15) is 28.4 Å². The Morgan fingerprint density at radius 2 is 1.88 bits per heavy atom. The first kappa shape index (κ1) is 18.1. The highest BCUT2D eigenvalue weighted by molar-refractivity contribution is 6.31. The Kier molecular flexibility index (Phi) is 5.09. The van der Waals surface area contributed by atoms with E-state index < -0.39 is 17.6 Å². The molecule has 134 valence electrons. The average Bonchev–Trinajstić information content (AvgIpc) is 2.90. The van der Waals surface area contributed by atoms with E-state index in [4.69, 9.17) is 17.3 Å². The minimum absolute atomic E-state index is 0.0863. The molecule has 0 saturated heterocycles. The number of aromatic nitrogens is 2. The van der Waals surface area contributed by atoms with Crippen LogP contribution in [0.2, 0.25) is 5.02 Å². The molecular formula is C20H19ClFN3O. The second-order valence-electron chi connectivity index (χ2n) is 6.19. The number of carbonyl (C=O) groups is 1. The predicted molar refractivity (Wildman–Crippen MR) is 100 cm³/mol. The van der Waals surface area contributed by atoms with Gasteiger partial charge in [0.15, 0.2) is 0 Å². The molecule has 3 aromatic rings. The van der Waals surface area contributed by atoms with Gasteiger partial charge in [0.1, 0.15) is 5.82 Å². The summed E-state index contributed by atoms with van der Waals surface area (Å²) in [4.78, 5) is 12.2. The van der Waals surface area contributed by atoms with E-state index in [1.165, 1.54) is 12.1 Å². The van der Waals surface area contributed by atoms with Gasteiger partial charge in [-0.3, -0.25) is 4.79 Å². The van der Waals surface area contributed by atoms with Crippen molar-refractivity contribution in [3.8, 4) is 5.69 Å². The number of hydrogen-bond donors (Lipinski definition) is 1. The van der Waals surface area contributed by atoms with Gasteiger partial charge in [-0.05, 0) is 44.5 Å². The first-order valence-corrected chi connectivity index (χ1v) is 8.61. The van der Waals surface area contributed by atoms with Crippen LogP contribution in [0, 0.1) is 19.7 Å². The average molecular weight is 372 g/mol. The van der Waals surface area contributed by atoms with E-state index in [1.54, 1.807) is 10.7 Å². The standard InChI is InChI=1S/C20H19ClFN3O/c1-12-19(13(2)25(24-12)14-7-4-3-5-8-14)16(20(23)26)11-15-17(21)9-6-10-18(15)22/h3-10,16H,11H2,1-2H3,(H2,23,26). The summed E-state index contributed by atoms with van der Waals surface area (Å²) in [6.07, 6.45) is 0.0863. The quantitative estimate of drug-likeness (QED) is 0.734. The second-order valence-corrected chi connectivity index (χ2v) is 6.60. The lowest BCUT2D eigenvalue weighted by Crippen LogP contribution is -2.25. The number of hydrogen-bond acceptors (Lipinski definition) is 2. The topological polar surface area (TPSA) is 60.9 Å². The molecule has 4 nitrogen and oxygen atoms in total. The number of benzene rings is 2. The largest absolute Gasteiger partial charge is 0.369 e. The van der Waals surface area contributed by atoms with Crippen molar-refractivity contribution >= 4 is 17.5 Å². The SMILES string of the molecule is Cc1nn(-c2ccccc2)c(C)c1C(Cc1c(F)cccc1Cl)C(N)=O. The Balaban J connectivity index is 2.07. The maximum absolute atomic E-state index is 14.2. The Labute approximate surface area is 156 Å². The summed E-state index contributed by atoms with van der Waals surface area (Å²) in [5.41, 5.74) is 9.01. The van der Waals surface area contributed by atoms with Crippen molar-refractivity contribution < 1.29 is 9.18 Å². The highest BCUT2D eigenvalue weighted by Crippen LogP contribution is 2.31. The molecule has 2 N–H and O–H groups in total. The third-order valence-electron chi connectivity index (χ3n) is 4.51. The lowest BCUT2D eigenvalue weighted by Gasteiger charge is -2.16. The molecule has 0 radical (unpaired) electrons. The number of nitrogens with zero attached hydrogens (tertiary/aromatic N) is 2. The minimum Gasteiger partial charge on any atom is -0.369 e. The van der Waals surface area contributed by atoms with E-state index >= 15 is 0 Å². The molecule has 6 heteroatoms. The lowest BCUT2D eigenvalue weighted by molar-refractivity contribution is -0.119. The molecular weight excluding hydrogens is 353 g/mol. The molecule has 0 bridgehead atoms. The molecule has 0 aliphatic rings. The zero-order chi connectivity index (χ0) is 18.8. The van der Waals surface area contributed by atoms with Crippen molar-refractivity contribution in [2.45, 2.75) is 26.2 Å². The van der Waals surface area contributed by atoms with Crippen molar-refractivity contribution in [1.82, 2.24) is 9.78 Å². The Bertz CT molecular complexity index is 933. The van der Waals surface area contributed by atoms with E-state index in [-0.39, 0.29) is 17.0 Å².